The molecule has 0 aliphatic carbocycles. The Balaban J connectivity index is 4.12. The molecule has 4 heteroatoms. The van der Waals surface area contributed by atoms with Crippen LogP contribution in [0.1, 0.15) is 27.2 Å². The van der Waals surface area contributed by atoms with E-state index in [2.05, 4.69) is 5.32 Å². The molecule has 3 atom stereocenters. The molecule has 0 spiro atoms. The minimum absolute atomic E-state index is 0.153. The van der Waals surface area contributed by atoms with Crippen LogP contribution in [0.5, 0.6) is 0 Å². The zero-order valence-electron chi connectivity index (χ0n) is 8.41. The molecule has 13 heavy (non-hydrogen) atoms. The van der Waals surface area contributed by atoms with Gasteiger partial charge in [0.05, 0.1) is 12.1 Å². The Hall–Kier alpha value is -0.900. The normalized spacial score (nSPS) is 17.2. The molecule has 0 radical (unpaired) electrons. The predicted molar refractivity (Wildman–Crippen MR) is 51.1 cm³/mol. The molecule has 0 rings (SSSR count). The van der Waals surface area contributed by atoms with Crippen molar-refractivity contribution in [3.05, 3.63) is 0 Å². The van der Waals surface area contributed by atoms with Crippen molar-refractivity contribution in [1.82, 2.24) is 5.32 Å². The second-order valence-corrected chi connectivity index (χ2v) is 3.34. The molecule has 0 aliphatic heterocycles. The number of hydrogen-bond donors (Lipinski definition) is 2. The van der Waals surface area contributed by atoms with Crippen molar-refractivity contribution in [3.63, 3.8) is 0 Å². The molecular weight excluding hydrogens is 168 g/mol. The lowest BCUT2D eigenvalue weighted by molar-refractivity contribution is -0.125. The molecular formula is C9H18N2O2. The van der Waals surface area contributed by atoms with Crippen molar-refractivity contribution in [2.45, 2.75) is 39.3 Å². The fourth-order valence-corrected chi connectivity index (χ4v) is 0.860. The molecule has 0 aromatic rings. The molecule has 0 heterocycles. The first-order valence-electron chi connectivity index (χ1n) is 4.54. The van der Waals surface area contributed by atoms with E-state index in [0.29, 0.717) is 0 Å². The van der Waals surface area contributed by atoms with Gasteiger partial charge in [0.25, 0.3) is 0 Å². The van der Waals surface area contributed by atoms with Crippen LogP contribution < -0.4 is 11.1 Å². The summed E-state index contributed by atoms with van der Waals surface area (Å²) in [4.78, 5) is 21.7. The van der Waals surface area contributed by atoms with Crippen molar-refractivity contribution in [2.24, 2.45) is 11.7 Å². The van der Waals surface area contributed by atoms with E-state index in [1.165, 1.54) is 0 Å². The van der Waals surface area contributed by atoms with Crippen LogP contribution in [0.4, 0.5) is 0 Å². The highest BCUT2D eigenvalue weighted by atomic mass is 16.2. The maximum Gasteiger partial charge on any atom is 0.237 e. The van der Waals surface area contributed by atoms with E-state index in [9.17, 15) is 9.59 Å². The molecule has 0 fully saturated rings. The highest BCUT2D eigenvalue weighted by Crippen LogP contribution is 2.05. The number of carbonyl (C=O) groups excluding carboxylic acids is 2. The van der Waals surface area contributed by atoms with Crippen molar-refractivity contribution >= 4 is 12.2 Å². The zero-order valence-corrected chi connectivity index (χ0v) is 8.41. The van der Waals surface area contributed by atoms with Crippen molar-refractivity contribution in [2.75, 3.05) is 0 Å². The minimum atomic E-state index is -0.563. The Bertz CT molecular complexity index is 180. The standard InChI is InChI=1S/C9H18N2O2/c1-4-6(2)8(5-12)11-9(13)7(3)10/h5-8H,4,10H2,1-3H3,(H,11,13)/t6-,7-,8+/m0/s1. The number of carbonyl (C=O) groups is 2. The van der Waals surface area contributed by atoms with E-state index in [0.717, 1.165) is 12.7 Å². The second-order valence-electron chi connectivity index (χ2n) is 3.34. The summed E-state index contributed by atoms with van der Waals surface area (Å²) in [6.07, 6.45) is 1.61. The van der Waals surface area contributed by atoms with Gasteiger partial charge in [-0.05, 0) is 12.8 Å². The summed E-state index contributed by atoms with van der Waals surface area (Å²) in [6.45, 7) is 5.48. The van der Waals surface area contributed by atoms with Crippen LogP contribution in [0.25, 0.3) is 0 Å². The van der Waals surface area contributed by atoms with E-state index in [1.54, 1.807) is 6.92 Å². The van der Waals surface area contributed by atoms with Gasteiger partial charge in [-0.1, -0.05) is 20.3 Å². The highest BCUT2D eigenvalue weighted by molar-refractivity contribution is 5.83. The summed E-state index contributed by atoms with van der Waals surface area (Å²) in [5.41, 5.74) is 5.35. The van der Waals surface area contributed by atoms with Gasteiger partial charge in [0.2, 0.25) is 5.91 Å². The SMILES string of the molecule is CC[C@H](C)[C@@H](C=O)NC(=O)[C@H](C)N. The van der Waals surface area contributed by atoms with E-state index in [1.807, 2.05) is 13.8 Å². The summed E-state index contributed by atoms with van der Waals surface area (Å²) >= 11 is 0. The predicted octanol–water partition coefficient (Wildman–Crippen LogP) is 0.0634. The van der Waals surface area contributed by atoms with Gasteiger partial charge in [-0.3, -0.25) is 4.79 Å². The van der Waals surface area contributed by atoms with Gasteiger partial charge in [0.1, 0.15) is 6.29 Å². The van der Waals surface area contributed by atoms with E-state index in [-0.39, 0.29) is 11.8 Å². The molecule has 0 aliphatic rings. The molecule has 0 aromatic heterocycles. The minimum Gasteiger partial charge on any atom is -0.345 e. The first kappa shape index (κ1) is 12.1. The molecule has 4 nitrogen and oxygen atoms in total. The fraction of sp³-hybridized carbons (Fsp3) is 0.778. The summed E-state index contributed by atoms with van der Waals surface area (Å²) in [6, 6.07) is -0.977. The summed E-state index contributed by atoms with van der Waals surface area (Å²) in [5.74, 6) is -0.127. The average Bonchev–Trinajstić information content (AvgIpc) is 2.12. The summed E-state index contributed by atoms with van der Waals surface area (Å²) < 4.78 is 0. The van der Waals surface area contributed by atoms with Crippen molar-refractivity contribution in [1.29, 1.82) is 0 Å². The maximum atomic E-state index is 11.1. The zero-order chi connectivity index (χ0) is 10.4. The third kappa shape index (κ3) is 4.03. The largest absolute Gasteiger partial charge is 0.345 e. The Morgan fingerprint density at radius 1 is 1.54 bits per heavy atom. The molecule has 0 saturated carbocycles. The van der Waals surface area contributed by atoms with Crippen LogP contribution in [-0.4, -0.2) is 24.3 Å². The Morgan fingerprint density at radius 2 is 2.08 bits per heavy atom. The van der Waals surface area contributed by atoms with Crippen molar-refractivity contribution < 1.29 is 9.59 Å². The van der Waals surface area contributed by atoms with Crippen LogP contribution in [0.2, 0.25) is 0 Å². The number of rotatable bonds is 5. The van der Waals surface area contributed by atoms with Gasteiger partial charge < -0.3 is 15.8 Å². The van der Waals surface area contributed by atoms with Crippen molar-refractivity contribution in [3.8, 4) is 0 Å². The van der Waals surface area contributed by atoms with Gasteiger partial charge in [0.15, 0.2) is 0 Å². The Labute approximate surface area is 78.9 Å². The molecule has 0 aromatic carbocycles. The summed E-state index contributed by atoms with van der Waals surface area (Å²) in [7, 11) is 0. The molecule has 1 amide bonds. The van der Waals surface area contributed by atoms with Crippen LogP contribution in [0.15, 0.2) is 0 Å². The summed E-state index contributed by atoms with van der Waals surface area (Å²) in [5, 5.41) is 2.58. The molecule has 0 unspecified atom stereocenters. The first-order valence-corrected chi connectivity index (χ1v) is 4.54. The van der Waals surface area contributed by atoms with Gasteiger partial charge in [-0.15, -0.1) is 0 Å². The molecule has 3 N–H and O–H groups in total. The number of hydrogen-bond acceptors (Lipinski definition) is 3. The number of nitrogens with two attached hydrogens (primary N) is 1. The lowest BCUT2D eigenvalue weighted by Crippen LogP contribution is -2.47. The smallest absolute Gasteiger partial charge is 0.237 e. The lowest BCUT2D eigenvalue weighted by Gasteiger charge is -2.19. The highest BCUT2D eigenvalue weighted by Gasteiger charge is 2.18. The van der Waals surface area contributed by atoms with E-state index >= 15 is 0 Å². The third-order valence-electron chi connectivity index (χ3n) is 2.13. The lowest BCUT2D eigenvalue weighted by atomic mass is 10.0. The second kappa shape index (κ2) is 5.70. The van der Waals surface area contributed by atoms with Crippen LogP contribution in [0, 0.1) is 5.92 Å². The van der Waals surface area contributed by atoms with Gasteiger partial charge in [-0.25, -0.2) is 0 Å². The fourth-order valence-electron chi connectivity index (χ4n) is 0.860. The third-order valence-corrected chi connectivity index (χ3v) is 2.13. The van der Waals surface area contributed by atoms with Gasteiger partial charge in [-0.2, -0.15) is 0 Å². The number of aldehydes is 1. The molecule has 0 bridgehead atoms. The van der Waals surface area contributed by atoms with Crippen LogP contribution in [-0.2, 0) is 9.59 Å². The Morgan fingerprint density at radius 3 is 2.38 bits per heavy atom. The van der Waals surface area contributed by atoms with Crippen LogP contribution >= 0.6 is 0 Å². The average molecular weight is 186 g/mol. The van der Waals surface area contributed by atoms with Gasteiger partial charge in [0, 0.05) is 0 Å². The quantitative estimate of drug-likeness (QED) is 0.596. The number of amides is 1. The Kier molecular flexibility index (Phi) is 5.30. The number of nitrogens with one attached hydrogen (secondary N) is 1. The van der Waals surface area contributed by atoms with Crippen LogP contribution in [0.3, 0.4) is 0 Å². The topological polar surface area (TPSA) is 72.2 Å². The van der Waals surface area contributed by atoms with Gasteiger partial charge >= 0.3 is 0 Å². The molecule has 76 valence electrons. The molecule has 0 saturated heterocycles. The maximum absolute atomic E-state index is 11.1. The van der Waals surface area contributed by atoms with E-state index < -0.39 is 12.1 Å². The monoisotopic (exact) mass is 186 g/mol. The first-order chi connectivity index (χ1) is 6.02. The van der Waals surface area contributed by atoms with E-state index in [4.69, 9.17) is 5.73 Å².